The van der Waals surface area contributed by atoms with E-state index in [-0.39, 0.29) is 0 Å². The minimum atomic E-state index is 0.401. The average molecular weight is 304 g/mol. The predicted molar refractivity (Wildman–Crippen MR) is 95.6 cm³/mol. The molecule has 3 rings (SSSR count). The molecule has 3 unspecified atom stereocenters. The molecule has 2 fully saturated rings. The molecular weight excluding hydrogens is 266 g/mol. The number of fused-ring (bicyclic) bond motifs is 3. The third-order valence-electron chi connectivity index (χ3n) is 7.98. The van der Waals surface area contributed by atoms with E-state index >= 15 is 0 Å². The van der Waals surface area contributed by atoms with Gasteiger partial charge in [0, 0.05) is 0 Å². The zero-order valence-corrected chi connectivity index (χ0v) is 15.3. The van der Waals surface area contributed by atoms with Gasteiger partial charge in [-0.2, -0.15) is 0 Å². The van der Waals surface area contributed by atoms with Crippen LogP contribution < -0.4 is 5.73 Å². The Morgan fingerprint density at radius 1 is 1.18 bits per heavy atom. The molecule has 2 N–H and O–H groups in total. The van der Waals surface area contributed by atoms with Crippen LogP contribution in [0.5, 0.6) is 0 Å². The van der Waals surface area contributed by atoms with Gasteiger partial charge in [-0.15, -0.1) is 0 Å². The van der Waals surface area contributed by atoms with Gasteiger partial charge in [0.15, 0.2) is 0 Å². The maximum Gasteiger partial charge on any atom is -0.00203 e. The summed E-state index contributed by atoms with van der Waals surface area (Å²) in [5.74, 6) is 3.48. The Morgan fingerprint density at radius 2 is 1.95 bits per heavy atom. The largest absolute Gasteiger partial charge is 0.330 e. The van der Waals surface area contributed by atoms with Crippen LogP contribution in [0.4, 0.5) is 0 Å². The minimum absolute atomic E-state index is 0.401. The highest BCUT2D eigenvalue weighted by atomic mass is 14.7. The molecule has 22 heavy (non-hydrogen) atoms. The average Bonchev–Trinajstić information content (AvgIpc) is 2.70. The molecule has 1 heteroatoms. The van der Waals surface area contributed by atoms with Crippen LogP contribution in [-0.2, 0) is 0 Å². The standard InChI is InChI=1S/C21H37N/c1-15(2)16-6-7-17-9-11-19-20(3,14-22)12-5-13-21(19,4)18(17)10-8-16/h6,15,17-19H,5,7-14,22H2,1-4H3/t17?,18?,19?,20-,21+/m0/s1. The quantitative estimate of drug-likeness (QED) is 0.665. The van der Waals surface area contributed by atoms with Crippen LogP contribution in [0.3, 0.4) is 0 Å². The van der Waals surface area contributed by atoms with Crippen molar-refractivity contribution in [1.82, 2.24) is 0 Å². The van der Waals surface area contributed by atoms with Gasteiger partial charge in [0.2, 0.25) is 0 Å². The Hall–Kier alpha value is -0.300. The lowest BCUT2D eigenvalue weighted by Gasteiger charge is -2.60. The first kappa shape index (κ1) is 16.6. The summed E-state index contributed by atoms with van der Waals surface area (Å²) in [5.41, 5.74) is 8.93. The van der Waals surface area contributed by atoms with E-state index in [2.05, 4.69) is 33.8 Å². The highest BCUT2D eigenvalue weighted by Gasteiger charge is 2.55. The summed E-state index contributed by atoms with van der Waals surface area (Å²) in [4.78, 5) is 0. The summed E-state index contributed by atoms with van der Waals surface area (Å²) in [7, 11) is 0. The first-order valence-electron chi connectivity index (χ1n) is 9.80. The second-order valence-electron chi connectivity index (χ2n) is 9.42. The van der Waals surface area contributed by atoms with Crippen molar-refractivity contribution in [2.24, 2.45) is 40.2 Å². The van der Waals surface area contributed by atoms with E-state index in [9.17, 15) is 0 Å². The van der Waals surface area contributed by atoms with Crippen molar-refractivity contribution in [2.75, 3.05) is 6.54 Å². The third-order valence-corrected chi connectivity index (χ3v) is 7.98. The van der Waals surface area contributed by atoms with E-state index in [4.69, 9.17) is 5.73 Å². The van der Waals surface area contributed by atoms with Crippen molar-refractivity contribution in [3.8, 4) is 0 Å². The van der Waals surface area contributed by atoms with Gasteiger partial charge >= 0.3 is 0 Å². The maximum absolute atomic E-state index is 6.25. The molecule has 3 aliphatic rings. The van der Waals surface area contributed by atoms with Gasteiger partial charge in [-0.3, -0.25) is 0 Å². The Kier molecular flexibility index (Phi) is 4.49. The normalized spacial score (nSPS) is 45.7. The van der Waals surface area contributed by atoms with E-state index in [1.165, 1.54) is 51.4 Å². The van der Waals surface area contributed by atoms with Gasteiger partial charge in [-0.1, -0.05) is 45.8 Å². The van der Waals surface area contributed by atoms with Gasteiger partial charge < -0.3 is 5.73 Å². The SMILES string of the molecule is CC(C)C1=CCC2CCC3[C@](C)(CN)CCC[C@]3(C)C2CC1. The summed E-state index contributed by atoms with van der Waals surface area (Å²) < 4.78 is 0. The second-order valence-corrected chi connectivity index (χ2v) is 9.42. The zero-order chi connectivity index (χ0) is 16.0. The Morgan fingerprint density at radius 3 is 2.64 bits per heavy atom. The molecule has 0 heterocycles. The van der Waals surface area contributed by atoms with Crippen LogP contribution in [-0.4, -0.2) is 6.54 Å². The van der Waals surface area contributed by atoms with Gasteiger partial charge in [0.05, 0.1) is 0 Å². The summed E-state index contributed by atoms with van der Waals surface area (Å²) in [6, 6.07) is 0. The molecule has 0 spiro atoms. The topological polar surface area (TPSA) is 26.0 Å². The molecule has 0 aromatic rings. The van der Waals surface area contributed by atoms with Crippen LogP contribution in [0.25, 0.3) is 0 Å². The fraction of sp³-hybridized carbons (Fsp3) is 0.905. The van der Waals surface area contributed by atoms with Gasteiger partial charge in [0.25, 0.3) is 0 Å². The molecule has 3 aliphatic carbocycles. The molecule has 0 amide bonds. The first-order chi connectivity index (χ1) is 10.4. The number of hydrogen-bond donors (Lipinski definition) is 1. The van der Waals surface area contributed by atoms with E-state index in [1.807, 2.05) is 0 Å². The fourth-order valence-electron chi connectivity index (χ4n) is 6.60. The third kappa shape index (κ3) is 2.58. The van der Waals surface area contributed by atoms with Crippen LogP contribution in [0.1, 0.15) is 79.1 Å². The molecule has 0 bridgehead atoms. The summed E-state index contributed by atoms with van der Waals surface area (Å²) in [6.07, 6.45) is 13.8. The van der Waals surface area contributed by atoms with Crippen molar-refractivity contribution < 1.29 is 0 Å². The van der Waals surface area contributed by atoms with Crippen LogP contribution in [0.15, 0.2) is 11.6 Å². The van der Waals surface area contributed by atoms with Gasteiger partial charge in [0.1, 0.15) is 0 Å². The summed E-state index contributed by atoms with van der Waals surface area (Å²) in [6.45, 7) is 10.8. The molecule has 0 saturated heterocycles. The Labute approximate surface area is 138 Å². The number of rotatable bonds is 2. The molecule has 2 saturated carbocycles. The Balaban J connectivity index is 1.86. The van der Waals surface area contributed by atoms with Crippen molar-refractivity contribution in [1.29, 1.82) is 0 Å². The monoisotopic (exact) mass is 303 g/mol. The maximum atomic E-state index is 6.25. The van der Waals surface area contributed by atoms with Gasteiger partial charge in [-0.05, 0) is 86.0 Å². The van der Waals surface area contributed by atoms with Gasteiger partial charge in [-0.25, -0.2) is 0 Å². The fourth-order valence-corrected chi connectivity index (χ4v) is 6.60. The highest BCUT2D eigenvalue weighted by Crippen LogP contribution is 2.63. The minimum Gasteiger partial charge on any atom is -0.330 e. The number of hydrogen-bond acceptors (Lipinski definition) is 1. The van der Waals surface area contributed by atoms with Crippen LogP contribution in [0.2, 0.25) is 0 Å². The number of allylic oxidation sites excluding steroid dienone is 2. The first-order valence-corrected chi connectivity index (χ1v) is 9.80. The molecule has 0 aromatic carbocycles. The van der Waals surface area contributed by atoms with E-state index in [0.29, 0.717) is 10.8 Å². The van der Waals surface area contributed by atoms with Crippen LogP contribution in [0, 0.1) is 34.5 Å². The lowest BCUT2D eigenvalue weighted by molar-refractivity contribution is -0.101. The van der Waals surface area contributed by atoms with Crippen molar-refractivity contribution in [2.45, 2.75) is 79.1 Å². The second kappa shape index (κ2) is 5.96. The molecule has 1 nitrogen and oxygen atoms in total. The molecule has 5 atom stereocenters. The smallest absolute Gasteiger partial charge is 0.00203 e. The summed E-state index contributed by atoms with van der Waals surface area (Å²) in [5, 5.41) is 0. The molecule has 0 radical (unpaired) electrons. The van der Waals surface area contributed by atoms with Crippen molar-refractivity contribution in [3.05, 3.63) is 11.6 Å². The van der Waals surface area contributed by atoms with Crippen molar-refractivity contribution in [3.63, 3.8) is 0 Å². The number of nitrogens with two attached hydrogens (primary N) is 1. The molecule has 0 aromatic heterocycles. The van der Waals surface area contributed by atoms with E-state index < -0.39 is 0 Å². The highest BCUT2D eigenvalue weighted by molar-refractivity contribution is 5.12. The molecule has 0 aliphatic heterocycles. The predicted octanol–water partition coefficient (Wildman–Crippen LogP) is 5.55. The lowest BCUT2D eigenvalue weighted by atomic mass is 9.45. The van der Waals surface area contributed by atoms with Crippen molar-refractivity contribution >= 4 is 0 Å². The van der Waals surface area contributed by atoms with E-state index in [0.717, 1.165) is 30.2 Å². The zero-order valence-electron chi connectivity index (χ0n) is 15.3. The lowest BCUT2D eigenvalue weighted by Crippen LogP contribution is -2.54. The van der Waals surface area contributed by atoms with Crippen LogP contribution >= 0.6 is 0 Å². The molecule has 126 valence electrons. The summed E-state index contributed by atoms with van der Waals surface area (Å²) >= 11 is 0. The Bertz CT molecular complexity index is 437. The molecular formula is C21H37N. The van der Waals surface area contributed by atoms with E-state index in [1.54, 1.807) is 5.57 Å².